The van der Waals surface area contributed by atoms with Gasteiger partial charge < -0.3 is 14.8 Å². The third-order valence-corrected chi connectivity index (χ3v) is 4.15. The Kier molecular flexibility index (Phi) is 9.55. The Bertz CT molecular complexity index is 648. The van der Waals surface area contributed by atoms with E-state index in [0.29, 0.717) is 0 Å². The maximum Gasteiger partial charge on any atom is 0.193 e. The number of halogens is 1. The van der Waals surface area contributed by atoms with Gasteiger partial charge in [0.25, 0.3) is 0 Å². The van der Waals surface area contributed by atoms with Crippen molar-refractivity contribution >= 4 is 29.9 Å². The van der Waals surface area contributed by atoms with Gasteiger partial charge in [-0.1, -0.05) is 29.8 Å². The first-order chi connectivity index (χ1) is 11.6. The number of nitrogens with one attached hydrogen (secondary N) is 1. The second kappa shape index (κ2) is 11.1. The number of unbranched alkanes of at least 4 members (excludes halogenated alkanes) is 1. The van der Waals surface area contributed by atoms with Crippen molar-refractivity contribution in [2.45, 2.75) is 39.8 Å². The summed E-state index contributed by atoms with van der Waals surface area (Å²) >= 11 is 0. The minimum absolute atomic E-state index is 0. The fourth-order valence-corrected chi connectivity index (χ4v) is 2.67. The van der Waals surface area contributed by atoms with Crippen LogP contribution in [0.5, 0.6) is 0 Å². The molecule has 5 nitrogen and oxygen atoms in total. The Hall–Kier alpha value is -1.57. The summed E-state index contributed by atoms with van der Waals surface area (Å²) in [5, 5.41) is 3.45. The first-order valence-electron chi connectivity index (χ1n) is 8.55. The number of aryl methyl sites for hydroxylation is 3. The molecule has 1 aromatic carbocycles. The summed E-state index contributed by atoms with van der Waals surface area (Å²) in [6.45, 7) is 6.96. The molecule has 2 rings (SSSR count). The zero-order valence-corrected chi connectivity index (χ0v) is 18.0. The zero-order valence-electron chi connectivity index (χ0n) is 15.7. The molecule has 0 aliphatic heterocycles. The molecule has 0 unspecified atom stereocenters. The number of guanidine groups is 1. The lowest BCUT2D eigenvalue weighted by Gasteiger charge is -2.22. The predicted octanol–water partition coefficient (Wildman–Crippen LogP) is 3.61. The van der Waals surface area contributed by atoms with Crippen LogP contribution in [0.25, 0.3) is 0 Å². The maximum atomic E-state index is 4.38. The minimum atomic E-state index is 0. The number of benzene rings is 1. The first-order valence-corrected chi connectivity index (χ1v) is 8.55. The van der Waals surface area contributed by atoms with Crippen LogP contribution in [0.4, 0.5) is 0 Å². The Balaban J connectivity index is 0.00000312. The number of imidazole rings is 1. The molecular formula is C19H30IN5. The van der Waals surface area contributed by atoms with E-state index in [2.05, 4.69) is 63.0 Å². The lowest BCUT2D eigenvalue weighted by molar-refractivity contribution is 0.473. The molecule has 0 spiro atoms. The molecule has 6 heteroatoms. The molecule has 0 aliphatic rings. The highest BCUT2D eigenvalue weighted by atomic mass is 127. The van der Waals surface area contributed by atoms with Crippen LogP contribution < -0.4 is 5.32 Å². The van der Waals surface area contributed by atoms with E-state index in [0.717, 1.165) is 44.3 Å². The molecule has 1 aromatic heterocycles. The van der Waals surface area contributed by atoms with Gasteiger partial charge in [0, 0.05) is 46.1 Å². The summed E-state index contributed by atoms with van der Waals surface area (Å²) in [5.41, 5.74) is 2.58. The summed E-state index contributed by atoms with van der Waals surface area (Å²) in [6.07, 6.45) is 6.13. The number of rotatable bonds is 7. The van der Waals surface area contributed by atoms with Gasteiger partial charge in [-0.15, -0.1) is 24.0 Å². The summed E-state index contributed by atoms with van der Waals surface area (Å²) in [7, 11) is 3.91. The zero-order chi connectivity index (χ0) is 17.4. The number of hydrogen-bond donors (Lipinski definition) is 1. The van der Waals surface area contributed by atoms with Crippen LogP contribution in [0.15, 0.2) is 41.7 Å². The van der Waals surface area contributed by atoms with Crippen LogP contribution in [0.2, 0.25) is 0 Å². The standard InChI is InChI=1S/C19H29N5.HI/c1-16-7-9-18(10-8-16)15-23(4)19(20-3)22-11-5-6-13-24-14-12-21-17(24)2;/h7-10,12,14H,5-6,11,13,15H2,1-4H3,(H,20,22);1H. The second-order valence-corrected chi connectivity index (χ2v) is 6.19. The van der Waals surface area contributed by atoms with Crippen molar-refractivity contribution in [3.05, 3.63) is 53.6 Å². The highest BCUT2D eigenvalue weighted by molar-refractivity contribution is 14.0. The molecule has 138 valence electrons. The van der Waals surface area contributed by atoms with Gasteiger partial charge >= 0.3 is 0 Å². The Morgan fingerprint density at radius 2 is 1.92 bits per heavy atom. The molecule has 0 saturated heterocycles. The first kappa shape index (κ1) is 21.5. The fourth-order valence-electron chi connectivity index (χ4n) is 2.67. The summed E-state index contributed by atoms with van der Waals surface area (Å²) in [6, 6.07) is 8.65. The fraction of sp³-hybridized carbons (Fsp3) is 0.474. The smallest absolute Gasteiger partial charge is 0.193 e. The van der Waals surface area contributed by atoms with Gasteiger partial charge in [-0.05, 0) is 32.3 Å². The van der Waals surface area contributed by atoms with Crippen molar-refractivity contribution in [3.63, 3.8) is 0 Å². The van der Waals surface area contributed by atoms with Crippen LogP contribution in [0.1, 0.15) is 29.8 Å². The summed E-state index contributed by atoms with van der Waals surface area (Å²) < 4.78 is 2.19. The van der Waals surface area contributed by atoms with Crippen molar-refractivity contribution < 1.29 is 0 Å². The predicted molar refractivity (Wildman–Crippen MR) is 116 cm³/mol. The van der Waals surface area contributed by atoms with Gasteiger partial charge in [0.05, 0.1) is 0 Å². The average molecular weight is 455 g/mol. The Morgan fingerprint density at radius 1 is 1.20 bits per heavy atom. The van der Waals surface area contributed by atoms with Gasteiger partial charge in [0.15, 0.2) is 5.96 Å². The normalized spacial score (nSPS) is 11.1. The molecule has 0 saturated carbocycles. The lowest BCUT2D eigenvalue weighted by Crippen LogP contribution is -2.38. The molecule has 1 heterocycles. The quantitative estimate of drug-likeness (QED) is 0.300. The summed E-state index contributed by atoms with van der Waals surface area (Å²) in [4.78, 5) is 10.8. The van der Waals surface area contributed by atoms with Crippen LogP contribution >= 0.6 is 24.0 Å². The van der Waals surface area contributed by atoms with E-state index in [1.54, 1.807) is 0 Å². The summed E-state index contributed by atoms with van der Waals surface area (Å²) in [5.74, 6) is 2.02. The lowest BCUT2D eigenvalue weighted by atomic mass is 10.1. The van der Waals surface area contributed by atoms with E-state index >= 15 is 0 Å². The molecule has 0 bridgehead atoms. The highest BCUT2D eigenvalue weighted by Crippen LogP contribution is 2.06. The molecule has 2 aromatic rings. The minimum Gasteiger partial charge on any atom is -0.356 e. The number of nitrogens with zero attached hydrogens (tertiary/aromatic N) is 4. The van der Waals surface area contributed by atoms with E-state index < -0.39 is 0 Å². The molecule has 1 N–H and O–H groups in total. The second-order valence-electron chi connectivity index (χ2n) is 6.19. The largest absolute Gasteiger partial charge is 0.356 e. The van der Waals surface area contributed by atoms with Crippen LogP contribution in [-0.2, 0) is 13.1 Å². The third kappa shape index (κ3) is 7.05. The SMILES string of the molecule is CN=C(NCCCCn1ccnc1C)N(C)Cc1ccc(C)cc1.I. The molecule has 25 heavy (non-hydrogen) atoms. The Labute approximate surface area is 168 Å². The number of hydrogen-bond acceptors (Lipinski definition) is 2. The van der Waals surface area contributed by atoms with E-state index in [1.165, 1.54) is 11.1 Å². The number of aromatic nitrogens is 2. The highest BCUT2D eigenvalue weighted by Gasteiger charge is 2.06. The van der Waals surface area contributed by atoms with Gasteiger partial charge in [-0.25, -0.2) is 4.98 Å². The van der Waals surface area contributed by atoms with Crippen molar-refractivity contribution in [1.82, 2.24) is 19.8 Å². The van der Waals surface area contributed by atoms with Crippen molar-refractivity contribution in [3.8, 4) is 0 Å². The Morgan fingerprint density at radius 3 is 2.52 bits per heavy atom. The third-order valence-electron chi connectivity index (χ3n) is 4.15. The van der Waals surface area contributed by atoms with Gasteiger partial charge in [-0.3, -0.25) is 4.99 Å². The van der Waals surface area contributed by atoms with Gasteiger partial charge in [0.2, 0.25) is 0 Å². The van der Waals surface area contributed by atoms with Crippen molar-refractivity contribution in [1.29, 1.82) is 0 Å². The van der Waals surface area contributed by atoms with Crippen LogP contribution in [0.3, 0.4) is 0 Å². The van der Waals surface area contributed by atoms with Crippen LogP contribution in [0, 0.1) is 13.8 Å². The van der Waals surface area contributed by atoms with Gasteiger partial charge in [-0.2, -0.15) is 0 Å². The molecule has 0 atom stereocenters. The molecule has 0 amide bonds. The van der Waals surface area contributed by atoms with Gasteiger partial charge in [0.1, 0.15) is 5.82 Å². The average Bonchev–Trinajstić information content (AvgIpc) is 2.98. The van der Waals surface area contributed by atoms with Crippen molar-refractivity contribution in [2.75, 3.05) is 20.6 Å². The van der Waals surface area contributed by atoms with E-state index in [1.807, 2.05) is 26.4 Å². The topological polar surface area (TPSA) is 45.5 Å². The molecular weight excluding hydrogens is 425 g/mol. The molecule has 0 radical (unpaired) electrons. The molecule has 0 aliphatic carbocycles. The van der Waals surface area contributed by atoms with Crippen LogP contribution in [-0.4, -0.2) is 41.1 Å². The van der Waals surface area contributed by atoms with E-state index in [9.17, 15) is 0 Å². The van der Waals surface area contributed by atoms with E-state index in [-0.39, 0.29) is 24.0 Å². The maximum absolute atomic E-state index is 4.38. The molecule has 0 fully saturated rings. The van der Waals surface area contributed by atoms with Crippen molar-refractivity contribution in [2.24, 2.45) is 4.99 Å². The van der Waals surface area contributed by atoms with E-state index in [4.69, 9.17) is 0 Å². The number of aliphatic imine (C=N–C) groups is 1. The monoisotopic (exact) mass is 455 g/mol.